The molecular formula is C20H30OSi. The van der Waals surface area contributed by atoms with Gasteiger partial charge in [0.15, 0.2) is 0 Å². The fourth-order valence-corrected chi connectivity index (χ4v) is 4.80. The van der Waals surface area contributed by atoms with Crippen LogP contribution in [0, 0.1) is 12.3 Å². The van der Waals surface area contributed by atoms with Crippen molar-refractivity contribution in [3.8, 4) is 5.75 Å². The van der Waals surface area contributed by atoms with Crippen LogP contribution in [0.3, 0.4) is 0 Å². The Morgan fingerprint density at radius 2 is 1.73 bits per heavy atom. The zero-order valence-corrected chi connectivity index (χ0v) is 16.4. The van der Waals surface area contributed by atoms with Gasteiger partial charge in [-0.05, 0) is 35.6 Å². The van der Waals surface area contributed by atoms with Crippen LogP contribution in [0.1, 0.15) is 38.3 Å². The molecule has 2 rings (SSSR count). The van der Waals surface area contributed by atoms with Gasteiger partial charge in [-0.1, -0.05) is 69.8 Å². The van der Waals surface area contributed by atoms with Crippen molar-refractivity contribution in [2.75, 3.05) is 7.11 Å². The van der Waals surface area contributed by atoms with E-state index in [0.29, 0.717) is 0 Å². The second-order valence-electron chi connectivity index (χ2n) is 8.39. The van der Waals surface area contributed by atoms with E-state index in [1.807, 2.05) is 7.11 Å². The molecule has 0 saturated heterocycles. The van der Waals surface area contributed by atoms with E-state index in [-0.39, 0.29) is 5.41 Å². The number of hydrogen-bond acceptors (Lipinski definition) is 1. The SMILES string of the molecule is COc1c(C2=C(C(C)(C)C)CC=C2)cc(C)cc1[Si](C)(C)C. The quantitative estimate of drug-likeness (QED) is 0.687. The maximum Gasteiger partial charge on any atom is 0.125 e. The van der Waals surface area contributed by atoms with E-state index in [4.69, 9.17) is 4.74 Å². The predicted molar refractivity (Wildman–Crippen MR) is 101 cm³/mol. The summed E-state index contributed by atoms with van der Waals surface area (Å²) in [5.41, 5.74) is 5.67. The molecule has 0 N–H and O–H groups in total. The molecule has 1 aromatic carbocycles. The molecular weight excluding hydrogens is 284 g/mol. The van der Waals surface area contributed by atoms with Crippen LogP contribution >= 0.6 is 0 Å². The van der Waals surface area contributed by atoms with Crippen molar-refractivity contribution in [1.82, 2.24) is 0 Å². The summed E-state index contributed by atoms with van der Waals surface area (Å²) in [6, 6.07) is 4.61. The molecule has 1 nitrogen and oxygen atoms in total. The third kappa shape index (κ3) is 3.22. The van der Waals surface area contributed by atoms with Crippen LogP contribution in [-0.2, 0) is 0 Å². The first-order valence-electron chi connectivity index (χ1n) is 8.15. The van der Waals surface area contributed by atoms with E-state index < -0.39 is 8.07 Å². The molecule has 0 amide bonds. The van der Waals surface area contributed by atoms with E-state index in [9.17, 15) is 0 Å². The van der Waals surface area contributed by atoms with Crippen LogP contribution in [0.15, 0.2) is 29.9 Å². The van der Waals surface area contributed by atoms with Gasteiger partial charge in [0.05, 0.1) is 15.2 Å². The zero-order chi connectivity index (χ0) is 16.7. The van der Waals surface area contributed by atoms with Gasteiger partial charge in [-0.15, -0.1) is 0 Å². The molecule has 0 atom stereocenters. The van der Waals surface area contributed by atoms with Crippen molar-refractivity contribution in [2.45, 2.75) is 53.8 Å². The lowest BCUT2D eigenvalue weighted by atomic mass is 9.82. The van der Waals surface area contributed by atoms with E-state index >= 15 is 0 Å². The Morgan fingerprint density at radius 1 is 1.09 bits per heavy atom. The van der Waals surface area contributed by atoms with Gasteiger partial charge >= 0.3 is 0 Å². The molecule has 22 heavy (non-hydrogen) atoms. The highest BCUT2D eigenvalue weighted by Crippen LogP contribution is 2.42. The Bertz CT molecular complexity index is 637. The minimum Gasteiger partial charge on any atom is -0.496 e. The monoisotopic (exact) mass is 314 g/mol. The van der Waals surface area contributed by atoms with Crippen molar-refractivity contribution in [2.24, 2.45) is 5.41 Å². The van der Waals surface area contributed by atoms with Gasteiger partial charge in [0.2, 0.25) is 0 Å². The molecule has 1 aliphatic rings. The molecule has 0 radical (unpaired) electrons. The highest BCUT2D eigenvalue weighted by molar-refractivity contribution is 6.89. The van der Waals surface area contributed by atoms with E-state index in [0.717, 1.165) is 12.2 Å². The summed E-state index contributed by atoms with van der Waals surface area (Å²) in [7, 11) is 0.361. The number of rotatable bonds is 3. The summed E-state index contributed by atoms with van der Waals surface area (Å²) < 4.78 is 5.90. The van der Waals surface area contributed by atoms with Crippen LogP contribution in [0.25, 0.3) is 5.57 Å². The molecule has 0 bridgehead atoms. The lowest BCUT2D eigenvalue weighted by molar-refractivity contribution is 0.416. The Labute approximate surface area is 137 Å². The number of methoxy groups -OCH3 is 1. The molecule has 1 aromatic rings. The van der Waals surface area contributed by atoms with E-state index in [2.05, 4.69) is 71.6 Å². The number of ether oxygens (including phenoxy) is 1. The zero-order valence-electron chi connectivity index (χ0n) is 15.4. The third-order valence-electron chi connectivity index (χ3n) is 4.37. The normalized spacial score (nSPS) is 15.6. The largest absolute Gasteiger partial charge is 0.496 e. The minimum atomic E-state index is -1.45. The fraction of sp³-hybridized carbons (Fsp3) is 0.500. The molecule has 0 saturated carbocycles. The first-order valence-corrected chi connectivity index (χ1v) is 11.7. The number of allylic oxidation sites excluding steroid dienone is 4. The molecule has 2 heteroatoms. The summed E-state index contributed by atoms with van der Waals surface area (Å²) >= 11 is 0. The van der Waals surface area contributed by atoms with Crippen molar-refractivity contribution in [1.29, 1.82) is 0 Å². The number of hydrogen-bond donors (Lipinski definition) is 0. The Kier molecular flexibility index (Phi) is 4.45. The molecule has 0 heterocycles. The van der Waals surface area contributed by atoms with Gasteiger partial charge in [-0.3, -0.25) is 0 Å². The van der Waals surface area contributed by atoms with Gasteiger partial charge in [-0.25, -0.2) is 0 Å². The molecule has 120 valence electrons. The lowest BCUT2D eigenvalue weighted by Crippen LogP contribution is -2.39. The van der Waals surface area contributed by atoms with Crippen LogP contribution in [0.5, 0.6) is 5.75 Å². The molecule has 0 fully saturated rings. The maximum absolute atomic E-state index is 5.90. The van der Waals surface area contributed by atoms with Gasteiger partial charge in [0, 0.05) is 5.56 Å². The standard InChI is InChI=1S/C20H30OSi/c1-14-12-16(15-10-9-11-17(15)20(2,3)4)19(21-5)18(13-14)22(6,7)8/h9-10,12-13H,11H2,1-8H3. The lowest BCUT2D eigenvalue weighted by Gasteiger charge is -2.27. The fourth-order valence-electron chi connectivity index (χ4n) is 3.22. The summed E-state index contributed by atoms with van der Waals surface area (Å²) in [6.07, 6.45) is 5.62. The molecule has 1 aliphatic carbocycles. The van der Waals surface area contributed by atoms with Crippen molar-refractivity contribution in [3.05, 3.63) is 41.0 Å². The van der Waals surface area contributed by atoms with Crippen LogP contribution in [0.4, 0.5) is 0 Å². The van der Waals surface area contributed by atoms with Gasteiger partial charge < -0.3 is 4.74 Å². The average Bonchev–Trinajstić information content (AvgIpc) is 2.85. The molecule has 0 aromatic heterocycles. The smallest absolute Gasteiger partial charge is 0.125 e. The Balaban J connectivity index is 2.76. The number of aryl methyl sites for hydroxylation is 1. The van der Waals surface area contributed by atoms with Crippen molar-refractivity contribution in [3.63, 3.8) is 0 Å². The topological polar surface area (TPSA) is 9.23 Å². The summed E-state index contributed by atoms with van der Waals surface area (Å²) in [4.78, 5) is 0. The summed E-state index contributed by atoms with van der Waals surface area (Å²) in [5.74, 6) is 1.09. The molecule has 0 spiro atoms. The maximum atomic E-state index is 5.90. The highest BCUT2D eigenvalue weighted by Gasteiger charge is 2.28. The average molecular weight is 315 g/mol. The van der Waals surface area contributed by atoms with E-state index in [1.54, 1.807) is 0 Å². The predicted octanol–water partition coefficient (Wildman–Crippen LogP) is 5.31. The van der Waals surface area contributed by atoms with Crippen LogP contribution < -0.4 is 9.92 Å². The van der Waals surface area contributed by atoms with Gasteiger partial charge in [0.1, 0.15) is 5.75 Å². The van der Waals surface area contributed by atoms with Crippen molar-refractivity contribution >= 4 is 18.8 Å². The van der Waals surface area contributed by atoms with Crippen LogP contribution in [0.2, 0.25) is 19.6 Å². The Hall–Kier alpha value is -1.28. The minimum absolute atomic E-state index is 0.187. The highest BCUT2D eigenvalue weighted by atomic mass is 28.3. The molecule has 0 unspecified atom stereocenters. The van der Waals surface area contributed by atoms with Gasteiger partial charge in [-0.2, -0.15) is 0 Å². The van der Waals surface area contributed by atoms with Crippen molar-refractivity contribution < 1.29 is 4.74 Å². The first kappa shape index (κ1) is 17.1. The number of benzene rings is 1. The Morgan fingerprint density at radius 3 is 2.23 bits per heavy atom. The second kappa shape index (κ2) is 5.73. The third-order valence-corrected chi connectivity index (χ3v) is 6.36. The second-order valence-corrected chi connectivity index (χ2v) is 13.4. The summed E-state index contributed by atoms with van der Waals surface area (Å²) in [5, 5.41) is 1.42. The van der Waals surface area contributed by atoms with Crippen LogP contribution in [-0.4, -0.2) is 15.2 Å². The van der Waals surface area contributed by atoms with E-state index in [1.165, 1.54) is 27.5 Å². The van der Waals surface area contributed by atoms with Gasteiger partial charge in [0.25, 0.3) is 0 Å². The summed E-state index contributed by atoms with van der Waals surface area (Å²) in [6.45, 7) is 16.3. The molecule has 0 aliphatic heterocycles. The first-order chi connectivity index (χ1) is 10.1.